The van der Waals surface area contributed by atoms with Gasteiger partial charge in [0.25, 0.3) is 0 Å². The molecule has 0 aromatic heterocycles. The zero-order chi connectivity index (χ0) is 3.58. The summed E-state index contributed by atoms with van der Waals surface area (Å²) in [6.45, 7) is 0. The molecule has 0 heterocycles. The topological polar surface area (TPSA) is 0 Å². The van der Waals surface area contributed by atoms with E-state index < -0.39 is 8.85 Å². The molecule has 0 bridgehead atoms. The van der Waals surface area contributed by atoms with E-state index in [2.05, 4.69) is 0 Å². The second kappa shape index (κ2) is 4.91. The van der Waals surface area contributed by atoms with Crippen molar-refractivity contribution in [1.82, 2.24) is 0 Å². The van der Waals surface area contributed by atoms with Crippen LogP contribution in [-0.4, -0.2) is 0 Å². The van der Waals surface area contributed by atoms with Crippen LogP contribution in [0.5, 0.6) is 0 Å². The molecular weight excluding hydrogens is 283 g/mol. The molecule has 0 aromatic rings. The average molecular weight is 283 g/mol. The molecule has 0 fully saturated rings. The Bertz CT molecular complexity index is 11.6. The van der Waals surface area contributed by atoms with Gasteiger partial charge in [-0.05, 0) is 0 Å². The zero-order valence-electron chi connectivity index (χ0n) is 1.90. The minimum Gasteiger partial charge on any atom is -0.152 e. The summed E-state index contributed by atoms with van der Waals surface area (Å²) in [5.74, 6) is 0. The van der Waals surface area contributed by atoms with Gasteiger partial charge >= 0.3 is 8.85 Å². The first kappa shape index (κ1) is 9.32. The Morgan fingerprint density at radius 3 is 1.00 bits per heavy atom. The predicted octanol–water partition coefficient (Wildman–Crippen LogP) is 2.12. The maximum Gasteiger partial charge on any atom is 0.456 e. The summed E-state index contributed by atoms with van der Waals surface area (Å²) in [6.07, 6.45) is 0. The van der Waals surface area contributed by atoms with Crippen LogP contribution in [0.2, 0.25) is 0 Å². The number of hydrogen-bond acceptors (Lipinski definition) is 0. The van der Waals surface area contributed by atoms with E-state index in [-0.39, 0.29) is 21.1 Å². The van der Waals surface area contributed by atoms with Crippen molar-refractivity contribution >= 4 is 8.85 Å². The van der Waals surface area contributed by atoms with Crippen molar-refractivity contribution in [2.45, 2.75) is 0 Å². The molecule has 0 atom stereocenters. The van der Waals surface area contributed by atoms with E-state index in [1.807, 2.05) is 0 Å². The maximum atomic E-state index is 9.73. The molecule has 0 N–H and O–H groups in total. The molecular formula is F3PPt. The first-order chi connectivity index (χ1) is 1.73. The van der Waals surface area contributed by atoms with Crippen LogP contribution in [0.4, 0.5) is 12.6 Å². The summed E-state index contributed by atoms with van der Waals surface area (Å²) in [4.78, 5) is 0. The Kier molecular flexibility index (Phi) is 9.15. The van der Waals surface area contributed by atoms with Gasteiger partial charge in [0.1, 0.15) is 0 Å². The number of halogens is 3. The van der Waals surface area contributed by atoms with Crippen molar-refractivity contribution in [2.75, 3.05) is 0 Å². The Hall–Kier alpha value is 0.908. The van der Waals surface area contributed by atoms with Gasteiger partial charge in [0, 0.05) is 21.1 Å². The summed E-state index contributed by atoms with van der Waals surface area (Å²) in [5.41, 5.74) is 0. The molecule has 0 saturated heterocycles. The SMILES string of the molecule is FP(F)F.[Pt]. The number of rotatable bonds is 0. The van der Waals surface area contributed by atoms with Gasteiger partial charge in [-0.15, -0.1) is 0 Å². The first-order valence-corrected chi connectivity index (χ1v) is 1.52. The third-order valence-corrected chi connectivity index (χ3v) is 0. The molecule has 0 aliphatic rings. The van der Waals surface area contributed by atoms with Gasteiger partial charge in [-0.3, -0.25) is 0 Å². The van der Waals surface area contributed by atoms with Crippen LogP contribution in [0, 0.1) is 0 Å². The summed E-state index contributed by atoms with van der Waals surface area (Å²) >= 11 is 0. The largest absolute Gasteiger partial charge is 0.456 e. The van der Waals surface area contributed by atoms with Crippen LogP contribution < -0.4 is 0 Å². The summed E-state index contributed by atoms with van der Waals surface area (Å²) < 4.78 is 29.2. The van der Waals surface area contributed by atoms with Gasteiger partial charge < -0.3 is 0 Å². The van der Waals surface area contributed by atoms with Crippen molar-refractivity contribution in [3.05, 3.63) is 0 Å². The molecule has 0 aliphatic carbocycles. The smallest absolute Gasteiger partial charge is 0.152 e. The standard InChI is InChI=1S/F3P.Pt/c1-4(2)3;. The molecule has 0 nitrogen and oxygen atoms in total. The van der Waals surface area contributed by atoms with Crippen LogP contribution in [0.25, 0.3) is 0 Å². The van der Waals surface area contributed by atoms with Crippen molar-refractivity contribution in [1.29, 1.82) is 0 Å². The maximum absolute atomic E-state index is 9.73. The van der Waals surface area contributed by atoms with Crippen molar-refractivity contribution in [2.24, 2.45) is 0 Å². The van der Waals surface area contributed by atoms with Gasteiger partial charge in [-0.2, -0.15) is 12.6 Å². The molecule has 0 aromatic carbocycles. The average Bonchev–Trinajstić information content (AvgIpc) is 0.811. The first-order valence-electron chi connectivity index (χ1n) is 0.507. The summed E-state index contributed by atoms with van der Waals surface area (Å²) in [6, 6.07) is 0. The van der Waals surface area contributed by atoms with Gasteiger partial charge in [-0.25, -0.2) is 0 Å². The molecule has 5 heteroatoms. The Morgan fingerprint density at radius 1 is 1.00 bits per heavy atom. The van der Waals surface area contributed by atoms with Crippen LogP contribution >= 0.6 is 8.85 Å². The Labute approximate surface area is 43.1 Å². The predicted molar refractivity (Wildman–Crippen MR) is 10.2 cm³/mol. The molecule has 0 spiro atoms. The molecule has 0 saturated carbocycles. The minimum atomic E-state index is -4.12. The van der Waals surface area contributed by atoms with E-state index >= 15 is 0 Å². The van der Waals surface area contributed by atoms with Crippen LogP contribution in [0.1, 0.15) is 0 Å². The Balaban J connectivity index is 0. The van der Waals surface area contributed by atoms with E-state index in [0.29, 0.717) is 0 Å². The second-order valence-corrected chi connectivity index (χ2v) is 0.575. The fourth-order valence-electron chi connectivity index (χ4n) is 0. The quantitative estimate of drug-likeness (QED) is 0.597. The molecule has 0 aliphatic heterocycles. The molecule has 0 radical (unpaired) electrons. The van der Waals surface area contributed by atoms with Gasteiger partial charge in [0.05, 0.1) is 0 Å². The van der Waals surface area contributed by atoms with E-state index in [1.165, 1.54) is 0 Å². The van der Waals surface area contributed by atoms with E-state index in [0.717, 1.165) is 0 Å². The molecule has 0 amide bonds. The number of hydrogen-bond donors (Lipinski definition) is 0. The molecule has 0 rings (SSSR count). The molecule has 0 unspecified atom stereocenters. The fourth-order valence-corrected chi connectivity index (χ4v) is 0. The summed E-state index contributed by atoms with van der Waals surface area (Å²) in [7, 11) is -4.12. The third-order valence-electron chi connectivity index (χ3n) is 0. The van der Waals surface area contributed by atoms with Gasteiger partial charge in [-0.1, -0.05) is 0 Å². The van der Waals surface area contributed by atoms with E-state index in [1.54, 1.807) is 0 Å². The monoisotopic (exact) mass is 283 g/mol. The second-order valence-electron chi connectivity index (χ2n) is 0.192. The van der Waals surface area contributed by atoms with E-state index in [4.69, 9.17) is 0 Å². The van der Waals surface area contributed by atoms with Gasteiger partial charge in [0.2, 0.25) is 0 Å². The van der Waals surface area contributed by atoms with Crippen LogP contribution in [0.15, 0.2) is 0 Å². The third kappa shape index (κ3) is 50.3. The van der Waals surface area contributed by atoms with Crippen molar-refractivity contribution < 1.29 is 33.7 Å². The molecule has 36 valence electrons. The molecule has 5 heavy (non-hydrogen) atoms. The van der Waals surface area contributed by atoms with Gasteiger partial charge in [0.15, 0.2) is 0 Å². The Morgan fingerprint density at radius 2 is 1.00 bits per heavy atom. The van der Waals surface area contributed by atoms with Crippen molar-refractivity contribution in [3.63, 3.8) is 0 Å². The normalized spacial score (nSPS) is 7.20. The minimum absolute atomic E-state index is 0. The zero-order valence-corrected chi connectivity index (χ0v) is 5.06. The van der Waals surface area contributed by atoms with Crippen molar-refractivity contribution in [3.8, 4) is 0 Å². The summed E-state index contributed by atoms with van der Waals surface area (Å²) in [5, 5.41) is 0. The fraction of sp³-hybridized carbons (Fsp3) is 0. The van der Waals surface area contributed by atoms with E-state index in [9.17, 15) is 12.6 Å². The van der Waals surface area contributed by atoms with Crippen LogP contribution in [0.3, 0.4) is 0 Å². The van der Waals surface area contributed by atoms with Crippen LogP contribution in [-0.2, 0) is 21.1 Å².